The quantitative estimate of drug-likeness (QED) is 0.690. The number of nitrogens with two attached hydrogens (primary N) is 1. The van der Waals surface area contributed by atoms with Crippen LogP contribution < -0.4 is 5.73 Å². The Morgan fingerprint density at radius 3 is 2.53 bits per heavy atom. The molecule has 1 aliphatic heterocycles. The third-order valence-electron chi connectivity index (χ3n) is 2.38. The minimum Gasteiger partial charge on any atom is -0.444 e. The Labute approximate surface area is 90.2 Å². The van der Waals surface area contributed by atoms with Gasteiger partial charge in [0, 0.05) is 25.0 Å². The highest BCUT2D eigenvalue weighted by molar-refractivity contribution is 5.69. The van der Waals surface area contributed by atoms with Crippen molar-refractivity contribution in [2.45, 2.75) is 32.4 Å². The van der Waals surface area contributed by atoms with Crippen molar-refractivity contribution < 1.29 is 14.6 Å². The van der Waals surface area contributed by atoms with E-state index in [9.17, 15) is 4.79 Å². The number of hydrogen-bond acceptors (Lipinski definition) is 4. The van der Waals surface area contributed by atoms with Crippen LogP contribution in [0.1, 0.15) is 20.8 Å². The average molecular weight is 216 g/mol. The second-order valence-corrected chi connectivity index (χ2v) is 4.99. The molecule has 0 aliphatic carbocycles. The summed E-state index contributed by atoms with van der Waals surface area (Å²) in [6.07, 6.45) is -0.302. The van der Waals surface area contributed by atoms with Gasteiger partial charge in [0.05, 0.1) is 6.61 Å². The van der Waals surface area contributed by atoms with Crippen LogP contribution in [0.3, 0.4) is 0 Å². The van der Waals surface area contributed by atoms with E-state index in [4.69, 9.17) is 15.6 Å². The SMILES string of the molecule is CC(C)(C)OC(=O)N1CC([C@H](N)CO)C1. The number of nitrogens with zero attached hydrogens (tertiary/aromatic N) is 1. The van der Waals surface area contributed by atoms with Crippen LogP contribution in [0.25, 0.3) is 0 Å². The summed E-state index contributed by atoms with van der Waals surface area (Å²) in [5.74, 6) is 0.197. The molecule has 3 N–H and O–H groups in total. The molecule has 1 fully saturated rings. The maximum atomic E-state index is 11.5. The molecule has 1 aliphatic rings. The molecule has 1 amide bonds. The van der Waals surface area contributed by atoms with Gasteiger partial charge in [-0.15, -0.1) is 0 Å². The second-order valence-electron chi connectivity index (χ2n) is 4.99. The Morgan fingerprint density at radius 2 is 2.13 bits per heavy atom. The number of likely N-dealkylation sites (tertiary alicyclic amines) is 1. The van der Waals surface area contributed by atoms with E-state index in [0.717, 1.165) is 0 Å². The molecule has 1 atom stereocenters. The molecule has 0 aromatic heterocycles. The molecule has 0 bridgehead atoms. The number of carbonyl (C=O) groups is 1. The molecule has 88 valence electrons. The van der Waals surface area contributed by atoms with Gasteiger partial charge in [-0.2, -0.15) is 0 Å². The van der Waals surface area contributed by atoms with Gasteiger partial charge in [-0.3, -0.25) is 0 Å². The fourth-order valence-electron chi connectivity index (χ4n) is 1.41. The van der Waals surface area contributed by atoms with Crippen molar-refractivity contribution in [3.05, 3.63) is 0 Å². The third-order valence-corrected chi connectivity index (χ3v) is 2.38. The number of carbonyl (C=O) groups excluding carboxylic acids is 1. The predicted molar refractivity (Wildman–Crippen MR) is 56.4 cm³/mol. The molecule has 5 heteroatoms. The summed E-state index contributed by atoms with van der Waals surface area (Å²) in [4.78, 5) is 13.1. The largest absolute Gasteiger partial charge is 0.444 e. The Morgan fingerprint density at radius 1 is 1.60 bits per heavy atom. The zero-order chi connectivity index (χ0) is 11.6. The van der Waals surface area contributed by atoms with Gasteiger partial charge in [0.2, 0.25) is 0 Å². The molecule has 1 rings (SSSR count). The van der Waals surface area contributed by atoms with Crippen molar-refractivity contribution in [1.29, 1.82) is 0 Å². The zero-order valence-corrected chi connectivity index (χ0v) is 9.56. The number of amides is 1. The molecule has 0 spiro atoms. The van der Waals surface area contributed by atoms with Gasteiger partial charge in [0.15, 0.2) is 0 Å². The number of aliphatic hydroxyl groups is 1. The Kier molecular flexibility index (Phi) is 3.57. The van der Waals surface area contributed by atoms with E-state index in [1.165, 1.54) is 0 Å². The van der Waals surface area contributed by atoms with Crippen molar-refractivity contribution in [3.63, 3.8) is 0 Å². The summed E-state index contributed by atoms with van der Waals surface area (Å²) in [6.45, 7) is 6.63. The zero-order valence-electron chi connectivity index (χ0n) is 9.56. The molecule has 1 heterocycles. The summed E-state index contributed by atoms with van der Waals surface area (Å²) in [5.41, 5.74) is 5.18. The van der Waals surface area contributed by atoms with Crippen LogP contribution >= 0.6 is 0 Å². The molecule has 0 saturated carbocycles. The fourth-order valence-corrected chi connectivity index (χ4v) is 1.41. The predicted octanol–water partition coefficient (Wildman–Crippen LogP) is 0.173. The van der Waals surface area contributed by atoms with E-state index < -0.39 is 5.60 Å². The number of aliphatic hydroxyl groups excluding tert-OH is 1. The molecule has 15 heavy (non-hydrogen) atoms. The summed E-state index contributed by atoms with van der Waals surface area (Å²) in [7, 11) is 0. The fraction of sp³-hybridized carbons (Fsp3) is 0.900. The Hall–Kier alpha value is -0.810. The number of rotatable bonds is 2. The number of hydrogen-bond donors (Lipinski definition) is 2. The highest BCUT2D eigenvalue weighted by Gasteiger charge is 2.36. The van der Waals surface area contributed by atoms with E-state index in [1.807, 2.05) is 20.8 Å². The third kappa shape index (κ3) is 3.35. The lowest BCUT2D eigenvalue weighted by Crippen LogP contribution is -2.58. The lowest BCUT2D eigenvalue weighted by molar-refractivity contribution is -0.00778. The van der Waals surface area contributed by atoms with Gasteiger partial charge in [-0.25, -0.2) is 4.79 Å². The van der Waals surface area contributed by atoms with Gasteiger partial charge in [0.25, 0.3) is 0 Å². The average Bonchev–Trinajstić information content (AvgIpc) is 1.97. The van der Waals surface area contributed by atoms with E-state index in [0.29, 0.717) is 13.1 Å². The maximum Gasteiger partial charge on any atom is 0.410 e. The van der Waals surface area contributed by atoms with Gasteiger partial charge in [-0.1, -0.05) is 0 Å². The van der Waals surface area contributed by atoms with Gasteiger partial charge in [0.1, 0.15) is 5.60 Å². The van der Waals surface area contributed by atoms with Crippen molar-refractivity contribution in [2.75, 3.05) is 19.7 Å². The summed E-state index contributed by atoms with van der Waals surface area (Å²) in [5, 5.41) is 8.82. The standard InChI is InChI=1S/C10H20N2O3/c1-10(2,3)15-9(14)12-4-7(5-12)8(11)6-13/h7-8,13H,4-6,11H2,1-3H3/t8-/m1/s1. The number of ether oxygens (including phenoxy) is 1. The van der Waals surface area contributed by atoms with Crippen molar-refractivity contribution in [1.82, 2.24) is 4.90 Å². The minimum absolute atomic E-state index is 0.0349. The Bertz CT molecular complexity index is 231. The first-order valence-electron chi connectivity index (χ1n) is 5.18. The van der Waals surface area contributed by atoms with Crippen LogP contribution in [0.15, 0.2) is 0 Å². The van der Waals surface area contributed by atoms with Crippen molar-refractivity contribution >= 4 is 6.09 Å². The smallest absolute Gasteiger partial charge is 0.410 e. The summed E-state index contributed by atoms with van der Waals surface area (Å²) >= 11 is 0. The van der Waals surface area contributed by atoms with Crippen LogP contribution in [0.4, 0.5) is 4.79 Å². The van der Waals surface area contributed by atoms with Gasteiger partial charge >= 0.3 is 6.09 Å². The van der Waals surface area contributed by atoms with E-state index >= 15 is 0 Å². The van der Waals surface area contributed by atoms with Crippen LogP contribution in [-0.4, -0.2) is 47.4 Å². The van der Waals surface area contributed by atoms with Crippen LogP contribution in [0.5, 0.6) is 0 Å². The lowest BCUT2D eigenvalue weighted by Gasteiger charge is -2.41. The first kappa shape index (κ1) is 12.3. The van der Waals surface area contributed by atoms with E-state index in [-0.39, 0.29) is 24.7 Å². The van der Waals surface area contributed by atoms with Crippen molar-refractivity contribution in [2.24, 2.45) is 11.7 Å². The normalized spacial score (nSPS) is 19.7. The lowest BCUT2D eigenvalue weighted by atomic mass is 9.93. The van der Waals surface area contributed by atoms with Gasteiger partial charge < -0.3 is 20.5 Å². The van der Waals surface area contributed by atoms with Crippen LogP contribution in [-0.2, 0) is 4.74 Å². The summed E-state index contributed by atoms with van der Waals surface area (Å²) < 4.78 is 5.19. The molecule has 5 nitrogen and oxygen atoms in total. The second kappa shape index (κ2) is 4.37. The molecule has 0 unspecified atom stereocenters. The molecule has 1 saturated heterocycles. The maximum absolute atomic E-state index is 11.5. The van der Waals surface area contributed by atoms with Gasteiger partial charge in [-0.05, 0) is 20.8 Å². The Balaban J connectivity index is 2.30. The topological polar surface area (TPSA) is 75.8 Å². The summed E-state index contributed by atoms with van der Waals surface area (Å²) in [6, 6.07) is -0.233. The first-order valence-corrected chi connectivity index (χ1v) is 5.18. The highest BCUT2D eigenvalue weighted by Crippen LogP contribution is 2.21. The molecular weight excluding hydrogens is 196 g/mol. The molecule has 0 aromatic carbocycles. The van der Waals surface area contributed by atoms with Crippen LogP contribution in [0, 0.1) is 5.92 Å². The molecule has 0 radical (unpaired) electrons. The van der Waals surface area contributed by atoms with E-state index in [1.54, 1.807) is 4.90 Å². The molecular formula is C10H20N2O3. The van der Waals surface area contributed by atoms with Crippen molar-refractivity contribution in [3.8, 4) is 0 Å². The van der Waals surface area contributed by atoms with E-state index in [2.05, 4.69) is 0 Å². The highest BCUT2D eigenvalue weighted by atomic mass is 16.6. The first-order chi connectivity index (χ1) is 6.83. The monoisotopic (exact) mass is 216 g/mol. The minimum atomic E-state index is -0.457. The van der Waals surface area contributed by atoms with Crippen LogP contribution in [0.2, 0.25) is 0 Å². The molecule has 0 aromatic rings.